The predicted molar refractivity (Wildman–Crippen MR) is 97.8 cm³/mol. The van der Waals surface area contributed by atoms with Gasteiger partial charge in [0.1, 0.15) is 5.75 Å². The SMILES string of the molecule is CCC(C)Oc1ccc(NC(=S)NC(=O)CC2CCCC2)cc1. The Kier molecular flexibility index (Phi) is 6.84. The molecule has 1 saturated carbocycles. The van der Waals surface area contributed by atoms with Crippen molar-refractivity contribution < 1.29 is 9.53 Å². The summed E-state index contributed by atoms with van der Waals surface area (Å²) in [5.74, 6) is 1.36. The molecule has 126 valence electrons. The molecule has 1 aromatic carbocycles. The van der Waals surface area contributed by atoms with Crippen LogP contribution in [0.25, 0.3) is 0 Å². The normalized spacial score (nSPS) is 15.9. The highest BCUT2D eigenvalue weighted by Gasteiger charge is 2.18. The molecular weight excluding hydrogens is 308 g/mol. The van der Waals surface area contributed by atoms with Crippen LogP contribution in [0.4, 0.5) is 5.69 Å². The highest BCUT2D eigenvalue weighted by atomic mass is 32.1. The number of hydrogen-bond acceptors (Lipinski definition) is 3. The molecule has 1 aromatic rings. The van der Waals surface area contributed by atoms with Crippen molar-refractivity contribution >= 4 is 28.9 Å². The second kappa shape index (κ2) is 8.87. The molecule has 1 aliphatic rings. The van der Waals surface area contributed by atoms with Crippen molar-refractivity contribution in [2.75, 3.05) is 5.32 Å². The van der Waals surface area contributed by atoms with Crippen LogP contribution in [0.2, 0.25) is 0 Å². The fourth-order valence-corrected chi connectivity index (χ4v) is 2.98. The minimum atomic E-state index is 0.00567. The summed E-state index contributed by atoms with van der Waals surface area (Å²) in [6, 6.07) is 7.59. The van der Waals surface area contributed by atoms with E-state index < -0.39 is 0 Å². The molecular formula is C18H26N2O2S. The molecule has 1 fully saturated rings. The molecule has 5 heteroatoms. The maximum atomic E-state index is 11.9. The Bertz CT molecular complexity index is 524. The number of anilines is 1. The summed E-state index contributed by atoms with van der Waals surface area (Å²) in [5, 5.41) is 6.15. The molecule has 0 aromatic heterocycles. The monoisotopic (exact) mass is 334 g/mol. The molecule has 0 spiro atoms. The molecule has 1 amide bonds. The van der Waals surface area contributed by atoms with Crippen molar-refractivity contribution in [3.05, 3.63) is 24.3 Å². The van der Waals surface area contributed by atoms with Gasteiger partial charge in [0.05, 0.1) is 6.10 Å². The Morgan fingerprint density at radius 1 is 1.30 bits per heavy atom. The molecule has 0 aliphatic heterocycles. The first-order valence-electron chi connectivity index (χ1n) is 8.44. The van der Waals surface area contributed by atoms with Crippen LogP contribution in [0.5, 0.6) is 5.75 Å². The van der Waals surface area contributed by atoms with Crippen molar-refractivity contribution in [1.29, 1.82) is 0 Å². The minimum absolute atomic E-state index is 0.00567. The van der Waals surface area contributed by atoms with Crippen molar-refractivity contribution in [1.82, 2.24) is 5.32 Å². The maximum absolute atomic E-state index is 11.9. The Morgan fingerprint density at radius 2 is 1.96 bits per heavy atom. The van der Waals surface area contributed by atoms with Crippen LogP contribution in [-0.4, -0.2) is 17.1 Å². The zero-order chi connectivity index (χ0) is 16.7. The van der Waals surface area contributed by atoms with Gasteiger partial charge in [0, 0.05) is 12.1 Å². The van der Waals surface area contributed by atoms with E-state index in [1.165, 1.54) is 12.8 Å². The van der Waals surface area contributed by atoms with Gasteiger partial charge >= 0.3 is 0 Å². The van der Waals surface area contributed by atoms with E-state index in [0.29, 0.717) is 17.5 Å². The largest absolute Gasteiger partial charge is 0.491 e. The summed E-state index contributed by atoms with van der Waals surface area (Å²) >= 11 is 5.20. The van der Waals surface area contributed by atoms with Crippen LogP contribution in [-0.2, 0) is 4.79 Å². The second-order valence-electron chi connectivity index (χ2n) is 6.22. The van der Waals surface area contributed by atoms with Crippen LogP contribution < -0.4 is 15.4 Å². The Hall–Kier alpha value is -1.62. The average Bonchev–Trinajstić information content (AvgIpc) is 3.01. The number of benzene rings is 1. The quantitative estimate of drug-likeness (QED) is 0.763. The molecule has 0 bridgehead atoms. The third kappa shape index (κ3) is 6.18. The first-order valence-corrected chi connectivity index (χ1v) is 8.85. The number of carbonyl (C=O) groups is 1. The number of carbonyl (C=O) groups excluding carboxylic acids is 1. The zero-order valence-corrected chi connectivity index (χ0v) is 14.7. The first-order chi connectivity index (χ1) is 11.1. The summed E-state index contributed by atoms with van der Waals surface area (Å²) in [6.45, 7) is 4.13. The number of amides is 1. The van der Waals surface area contributed by atoms with Gasteiger partial charge in [0.25, 0.3) is 0 Å². The molecule has 0 radical (unpaired) electrons. The highest BCUT2D eigenvalue weighted by molar-refractivity contribution is 7.80. The number of thiocarbonyl (C=S) groups is 1. The summed E-state index contributed by atoms with van der Waals surface area (Å²) in [5.41, 5.74) is 0.840. The maximum Gasteiger partial charge on any atom is 0.226 e. The first kappa shape index (κ1) is 17.7. The zero-order valence-electron chi connectivity index (χ0n) is 13.9. The molecule has 23 heavy (non-hydrogen) atoms. The molecule has 0 heterocycles. The second-order valence-corrected chi connectivity index (χ2v) is 6.63. The molecule has 1 aliphatic carbocycles. The van der Waals surface area contributed by atoms with Gasteiger partial charge in [0.15, 0.2) is 5.11 Å². The Morgan fingerprint density at radius 3 is 2.57 bits per heavy atom. The van der Waals surface area contributed by atoms with Gasteiger partial charge in [-0.2, -0.15) is 0 Å². The standard InChI is InChI=1S/C18H26N2O2S/c1-3-13(2)22-16-10-8-15(9-11-16)19-18(23)20-17(21)12-14-6-4-5-7-14/h8-11,13-14H,3-7,12H2,1-2H3,(H2,19,20,21,23). The number of ether oxygens (including phenoxy) is 1. The van der Waals surface area contributed by atoms with E-state index in [1.54, 1.807) is 0 Å². The van der Waals surface area contributed by atoms with Crippen LogP contribution in [0.15, 0.2) is 24.3 Å². The van der Waals surface area contributed by atoms with Crippen LogP contribution >= 0.6 is 12.2 Å². The lowest BCUT2D eigenvalue weighted by Crippen LogP contribution is -2.34. The third-order valence-corrected chi connectivity index (χ3v) is 4.43. The van der Waals surface area contributed by atoms with Gasteiger partial charge in [-0.3, -0.25) is 4.79 Å². The molecule has 1 atom stereocenters. The number of rotatable bonds is 6. The average molecular weight is 334 g/mol. The fourth-order valence-electron chi connectivity index (χ4n) is 2.75. The van der Waals surface area contributed by atoms with E-state index in [4.69, 9.17) is 17.0 Å². The smallest absolute Gasteiger partial charge is 0.226 e. The molecule has 2 N–H and O–H groups in total. The van der Waals surface area contributed by atoms with Crippen molar-refractivity contribution in [3.63, 3.8) is 0 Å². The third-order valence-electron chi connectivity index (χ3n) is 4.23. The van der Waals surface area contributed by atoms with Crippen LogP contribution in [0.1, 0.15) is 52.4 Å². The Balaban J connectivity index is 1.76. The van der Waals surface area contributed by atoms with E-state index in [-0.39, 0.29) is 12.0 Å². The van der Waals surface area contributed by atoms with Gasteiger partial charge in [-0.1, -0.05) is 19.8 Å². The van der Waals surface area contributed by atoms with E-state index in [1.807, 2.05) is 31.2 Å². The fraction of sp³-hybridized carbons (Fsp3) is 0.556. The summed E-state index contributed by atoms with van der Waals surface area (Å²) in [7, 11) is 0. The summed E-state index contributed by atoms with van der Waals surface area (Å²) in [6.07, 6.45) is 6.54. The van der Waals surface area contributed by atoms with E-state index >= 15 is 0 Å². The van der Waals surface area contributed by atoms with Gasteiger partial charge in [-0.05, 0) is 68.6 Å². The van der Waals surface area contributed by atoms with Gasteiger partial charge in [-0.15, -0.1) is 0 Å². The number of nitrogens with one attached hydrogen (secondary N) is 2. The minimum Gasteiger partial charge on any atom is -0.491 e. The highest BCUT2D eigenvalue weighted by Crippen LogP contribution is 2.27. The van der Waals surface area contributed by atoms with Crippen LogP contribution in [0.3, 0.4) is 0 Å². The van der Waals surface area contributed by atoms with Gasteiger partial charge < -0.3 is 15.4 Å². The molecule has 1 unspecified atom stereocenters. The van der Waals surface area contributed by atoms with E-state index in [2.05, 4.69) is 17.6 Å². The Labute approximate surface area is 144 Å². The topological polar surface area (TPSA) is 50.4 Å². The summed E-state index contributed by atoms with van der Waals surface area (Å²) in [4.78, 5) is 11.9. The lowest BCUT2D eigenvalue weighted by Gasteiger charge is -2.14. The van der Waals surface area contributed by atoms with Crippen molar-refractivity contribution in [3.8, 4) is 5.75 Å². The van der Waals surface area contributed by atoms with Crippen molar-refractivity contribution in [2.45, 2.75) is 58.5 Å². The van der Waals surface area contributed by atoms with E-state index in [9.17, 15) is 4.79 Å². The lowest BCUT2D eigenvalue weighted by molar-refractivity contribution is -0.120. The number of hydrogen-bond donors (Lipinski definition) is 2. The van der Waals surface area contributed by atoms with Crippen LogP contribution in [0, 0.1) is 5.92 Å². The van der Waals surface area contributed by atoms with Gasteiger partial charge in [0.2, 0.25) is 5.91 Å². The lowest BCUT2D eigenvalue weighted by atomic mass is 10.0. The van der Waals surface area contributed by atoms with E-state index in [0.717, 1.165) is 30.7 Å². The molecule has 4 nitrogen and oxygen atoms in total. The summed E-state index contributed by atoms with van der Waals surface area (Å²) < 4.78 is 5.73. The molecule has 2 rings (SSSR count). The van der Waals surface area contributed by atoms with Crippen molar-refractivity contribution in [2.24, 2.45) is 5.92 Å². The predicted octanol–water partition coefficient (Wildman–Crippen LogP) is 4.26. The van der Waals surface area contributed by atoms with Gasteiger partial charge in [-0.25, -0.2) is 0 Å². The molecule has 0 saturated heterocycles.